The molecular formula is C16H28N2O2S. The molecule has 0 radical (unpaired) electrons. The van der Waals surface area contributed by atoms with Crippen molar-refractivity contribution in [3.05, 3.63) is 28.8 Å². The van der Waals surface area contributed by atoms with E-state index in [2.05, 4.69) is 12.2 Å². The number of aryl methyl sites for hydroxylation is 2. The highest BCUT2D eigenvalue weighted by Gasteiger charge is 2.25. The number of hydrogen-bond donors (Lipinski definition) is 1. The molecule has 0 aliphatic carbocycles. The lowest BCUT2D eigenvalue weighted by Crippen LogP contribution is -2.32. The van der Waals surface area contributed by atoms with E-state index in [4.69, 9.17) is 0 Å². The number of hydrogen-bond acceptors (Lipinski definition) is 3. The van der Waals surface area contributed by atoms with Crippen LogP contribution in [0.1, 0.15) is 43.4 Å². The lowest BCUT2D eigenvalue weighted by molar-refractivity contribution is 0.418. The molecule has 4 nitrogen and oxygen atoms in total. The van der Waals surface area contributed by atoms with Crippen LogP contribution in [0, 0.1) is 13.8 Å². The molecule has 0 aliphatic rings. The highest BCUT2D eigenvalue weighted by Crippen LogP contribution is 2.24. The molecule has 1 aromatic rings. The molecule has 1 aromatic carbocycles. The fourth-order valence-corrected chi connectivity index (χ4v) is 4.20. The molecule has 0 fully saturated rings. The van der Waals surface area contributed by atoms with Gasteiger partial charge in [0, 0.05) is 19.6 Å². The normalized spacial score (nSPS) is 12.1. The lowest BCUT2D eigenvalue weighted by Gasteiger charge is -2.22. The van der Waals surface area contributed by atoms with Crippen molar-refractivity contribution < 1.29 is 8.42 Å². The van der Waals surface area contributed by atoms with Crippen LogP contribution in [0.5, 0.6) is 0 Å². The molecule has 0 atom stereocenters. The van der Waals surface area contributed by atoms with E-state index < -0.39 is 10.0 Å². The molecule has 0 unspecified atom stereocenters. The Labute approximate surface area is 129 Å². The van der Waals surface area contributed by atoms with Gasteiger partial charge in [-0.05, 0) is 50.1 Å². The standard InChI is InChI=1S/C16H28N2O2S/c1-6-8-9-18(7-2)21(19,20)16-11-15(12-17-5)13(3)10-14(16)4/h10-11,17H,6-9,12H2,1-5H3. The number of nitrogens with zero attached hydrogens (tertiary/aromatic N) is 1. The van der Waals surface area contributed by atoms with Gasteiger partial charge in [0.15, 0.2) is 0 Å². The van der Waals surface area contributed by atoms with Crippen LogP contribution in [0.2, 0.25) is 0 Å². The maximum Gasteiger partial charge on any atom is 0.243 e. The van der Waals surface area contributed by atoms with Gasteiger partial charge in [0.25, 0.3) is 0 Å². The van der Waals surface area contributed by atoms with Gasteiger partial charge < -0.3 is 5.32 Å². The summed E-state index contributed by atoms with van der Waals surface area (Å²) >= 11 is 0. The van der Waals surface area contributed by atoms with Crippen molar-refractivity contribution in [3.63, 3.8) is 0 Å². The summed E-state index contributed by atoms with van der Waals surface area (Å²) in [5.74, 6) is 0. The zero-order valence-corrected chi connectivity index (χ0v) is 14.7. The van der Waals surface area contributed by atoms with E-state index >= 15 is 0 Å². The molecule has 1 N–H and O–H groups in total. The van der Waals surface area contributed by atoms with E-state index in [0.29, 0.717) is 24.5 Å². The van der Waals surface area contributed by atoms with Crippen molar-refractivity contribution in [1.82, 2.24) is 9.62 Å². The topological polar surface area (TPSA) is 49.4 Å². The Bertz CT molecular complexity index is 568. The predicted octanol–water partition coefficient (Wildman–Crippen LogP) is 2.83. The molecule has 21 heavy (non-hydrogen) atoms. The average molecular weight is 312 g/mol. The van der Waals surface area contributed by atoms with E-state index in [1.807, 2.05) is 40.0 Å². The maximum atomic E-state index is 12.9. The Kier molecular flexibility index (Phi) is 6.84. The Hall–Kier alpha value is -0.910. The van der Waals surface area contributed by atoms with Crippen LogP contribution in [0.3, 0.4) is 0 Å². The van der Waals surface area contributed by atoms with Gasteiger partial charge in [-0.25, -0.2) is 8.42 Å². The fraction of sp³-hybridized carbons (Fsp3) is 0.625. The molecule has 0 spiro atoms. The Balaban J connectivity index is 3.26. The first-order valence-corrected chi connectivity index (χ1v) is 9.07. The van der Waals surface area contributed by atoms with E-state index in [1.54, 1.807) is 4.31 Å². The number of benzene rings is 1. The van der Waals surface area contributed by atoms with E-state index in [1.165, 1.54) is 0 Å². The van der Waals surface area contributed by atoms with Crippen LogP contribution >= 0.6 is 0 Å². The monoisotopic (exact) mass is 312 g/mol. The second-order valence-corrected chi connectivity index (χ2v) is 7.33. The average Bonchev–Trinajstić information content (AvgIpc) is 2.42. The molecule has 0 aliphatic heterocycles. The molecule has 120 valence electrons. The quantitative estimate of drug-likeness (QED) is 0.803. The molecule has 0 heterocycles. The molecule has 0 saturated carbocycles. The smallest absolute Gasteiger partial charge is 0.243 e. The fourth-order valence-electron chi connectivity index (χ4n) is 2.46. The predicted molar refractivity (Wildman–Crippen MR) is 88.0 cm³/mol. The molecule has 5 heteroatoms. The molecular weight excluding hydrogens is 284 g/mol. The minimum Gasteiger partial charge on any atom is -0.316 e. The SMILES string of the molecule is CCCCN(CC)S(=O)(=O)c1cc(CNC)c(C)cc1C. The summed E-state index contributed by atoms with van der Waals surface area (Å²) in [6, 6.07) is 3.79. The van der Waals surface area contributed by atoms with Crippen LogP contribution in [0.4, 0.5) is 0 Å². The zero-order chi connectivity index (χ0) is 16.0. The Morgan fingerprint density at radius 2 is 1.81 bits per heavy atom. The summed E-state index contributed by atoms with van der Waals surface area (Å²) in [5.41, 5.74) is 2.98. The van der Waals surface area contributed by atoms with E-state index in [9.17, 15) is 8.42 Å². The van der Waals surface area contributed by atoms with Gasteiger partial charge in [-0.2, -0.15) is 4.31 Å². The van der Waals surface area contributed by atoms with Crippen molar-refractivity contribution in [3.8, 4) is 0 Å². The molecule has 0 amide bonds. The molecule has 1 rings (SSSR count). The summed E-state index contributed by atoms with van der Waals surface area (Å²) in [4.78, 5) is 0.441. The minimum atomic E-state index is -3.41. The van der Waals surface area contributed by atoms with Crippen LogP contribution in [-0.2, 0) is 16.6 Å². The first-order valence-electron chi connectivity index (χ1n) is 7.63. The molecule has 0 saturated heterocycles. The van der Waals surface area contributed by atoms with Gasteiger partial charge in [-0.1, -0.05) is 26.3 Å². The summed E-state index contributed by atoms with van der Waals surface area (Å²) in [5, 5.41) is 3.09. The number of sulfonamides is 1. The third kappa shape index (κ3) is 4.28. The van der Waals surface area contributed by atoms with E-state index in [0.717, 1.165) is 29.5 Å². The van der Waals surface area contributed by atoms with Crippen LogP contribution < -0.4 is 5.32 Å². The van der Waals surface area contributed by atoms with Gasteiger partial charge in [0.2, 0.25) is 10.0 Å². The Morgan fingerprint density at radius 1 is 1.14 bits per heavy atom. The summed E-state index contributed by atoms with van der Waals surface area (Å²) in [6.07, 6.45) is 1.88. The van der Waals surface area contributed by atoms with Crippen LogP contribution in [-0.4, -0.2) is 32.9 Å². The highest BCUT2D eigenvalue weighted by atomic mass is 32.2. The number of nitrogens with one attached hydrogen (secondary N) is 1. The van der Waals surface area contributed by atoms with Crippen molar-refractivity contribution in [1.29, 1.82) is 0 Å². The van der Waals surface area contributed by atoms with Crippen LogP contribution in [0.25, 0.3) is 0 Å². The highest BCUT2D eigenvalue weighted by molar-refractivity contribution is 7.89. The van der Waals surface area contributed by atoms with Gasteiger partial charge in [-0.3, -0.25) is 0 Å². The van der Waals surface area contributed by atoms with E-state index in [-0.39, 0.29) is 0 Å². The Morgan fingerprint density at radius 3 is 2.33 bits per heavy atom. The molecule has 0 bridgehead atoms. The second-order valence-electron chi connectivity index (χ2n) is 5.42. The summed E-state index contributed by atoms with van der Waals surface area (Å²) in [6.45, 7) is 9.63. The largest absolute Gasteiger partial charge is 0.316 e. The first kappa shape index (κ1) is 18.1. The summed E-state index contributed by atoms with van der Waals surface area (Å²) in [7, 11) is -1.54. The zero-order valence-electron chi connectivity index (χ0n) is 13.9. The minimum absolute atomic E-state index is 0.441. The molecule has 0 aromatic heterocycles. The summed E-state index contributed by atoms with van der Waals surface area (Å²) < 4.78 is 27.3. The number of unbranched alkanes of at least 4 members (excludes halogenated alkanes) is 1. The first-order chi connectivity index (χ1) is 9.88. The third-order valence-electron chi connectivity index (χ3n) is 3.73. The third-order valence-corrected chi connectivity index (χ3v) is 5.85. The van der Waals surface area contributed by atoms with Crippen molar-refractivity contribution in [2.75, 3.05) is 20.1 Å². The maximum absolute atomic E-state index is 12.9. The van der Waals surface area contributed by atoms with Gasteiger partial charge in [-0.15, -0.1) is 0 Å². The van der Waals surface area contributed by atoms with Crippen molar-refractivity contribution in [2.45, 2.75) is 52.0 Å². The van der Waals surface area contributed by atoms with Gasteiger partial charge in [0.1, 0.15) is 0 Å². The van der Waals surface area contributed by atoms with Gasteiger partial charge >= 0.3 is 0 Å². The van der Waals surface area contributed by atoms with Gasteiger partial charge in [0.05, 0.1) is 4.90 Å². The van der Waals surface area contributed by atoms with Crippen molar-refractivity contribution >= 4 is 10.0 Å². The van der Waals surface area contributed by atoms with Crippen molar-refractivity contribution in [2.24, 2.45) is 0 Å². The number of rotatable bonds is 8. The second kappa shape index (κ2) is 7.92. The lowest BCUT2D eigenvalue weighted by atomic mass is 10.1. The van der Waals surface area contributed by atoms with Crippen LogP contribution in [0.15, 0.2) is 17.0 Å².